The Morgan fingerprint density at radius 2 is 1.96 bits per heavy atom. The number of hydrogen-bond donors (Lipinski definition) is 1. The van der Waals surface area contributed by atoms with Gasteiger partial charge in [0, 0.05) is 36.1 Å². The molecule has 0 unspecified atom stereocenters. The van der Waals surface area contributed by atoms with Crippen molar-refractivity contribution in [2.45, 2.75) is 33.9 Å². The number of benzene rings is 1. The predicted octanol–water partition coefficient (Wildman–Crippen LogP) is 3.42. The molecule has 0 saturated heterocycles. The molecule has 3 rings (SSSR count). The maximum Gasteiger partial charge on any atom is 0.249 e. The Bertz CT molecular complexity index is 918. The Morgan fingerprint density at radius 1 is 1.19 bits per heavy atom. The van der Waals surface area contributed by atoms with Crippen LogP contribution >= 0.6 is 0 Å². The van der Waals surface area contributed by atoms with Crippen LogP contribution in [-0.4, -0.2) is 25.5 Å². The van der Waals surface area contributed by atoms with E-state index in [-0.39, 0.29) is 5.91 Å². The van der Waals surface area contributed by atoms with Gasteiger partial charge in [-0.15, -0.1) is 0 Å². The summed E-state index contributed by atoms with van der Waals surface area (Å²) in [5.41, 5.74) is 4.37. The Labute approximate surface area is 153 Å². The van der Waals surface area contributed by atoms with E-state index in [1.54, 1.807) is 23.0 Å². The number of aryl methyl sites for hydroxylation is 2. The third-order valence-electron chi connectivity index (χ3n) is 4.21. The summed E-state index contributed by atoms with van der Waals surface area (Å²) in [7, 11) is 0. The average molecular weight is 349 g/mol. The van der Waals surface area contributed by atoms with Crippen molar-refractivity contribution in [2.75, 3.05) is 5.32 Å². The number of nitrogens with zero attached hydrogens (tertiary/aromatic N) is 4. The van der Waals surface area contributed by atoms with E-state index in [1.807, 2.05) is 24.7 Å². The lowest BCUT2D eigenvalue weighted by Gasteiger charge is -2.02. The lowest BCUT2D eigenvalue weighted by atomic mass is 10.1. The van der Waals surface area contributed by atoms with E-state index in [0.29, 0.717) is 12.4 Å². The van der Waals surface area contributed by atoms with Crippen LogP contribution in [0.3, 0.4) is 0 Å². The molecule has 1 N–H and O–H groups in total. The molecule has 0 spiro atoms. The third-order valence-corrected chi connectivity index (χ3v) is 4.21. The topological polar surface area (TPSA) is 64.7 Å². The number of aromatic nitrogens is 4. The molecule has 2 heterocycles. The van der Waals surface area contributed by atoms with Gasteiger partial charge in [0.05, 0.1) is 12.7 Å². The van der Waals surface area contributed by atoms with Gasteiger partial charge in [-0.3, -0.25) is 14.2 Å². The van der Waals surface area contributed by atoms with Crippen molar-refractivity contribution in [3.05, 3.63) is 71.2 Å². The molecule has 6 heteroatoms. The van der Waals surface area contributed by atoms with Crippen LogP contribution in [0.2, 0.25) is 0 Å². The van der Waals surface area contributed by atoms with Gasteiger partial charge in [0.2, 0.25) is 5.91 Å². The zero-order valence-corrected chi connectivity index (χ0v) is 15.3. The molecule has 0 aliphatic heterocycles. The molecule has 6 nitrogen and oxygen atoms in total. The summed E-state index contributed by atoms with van der Waals surface area (Å²) in [5.74, 6) is 0.321. The second-order valence-corrected chi connectivity index (χ2v) is 6.21. The van der Waals surface area contributed by atoms with Crippen LogP contribution in [0.4, 0.5) is 5.82 Å². The second-order valence-electron chi connectivity index (χ2n) is 6.21. The van der Waals surface area contributed by atoms with Gasteiger partial charge >= 0.3 is 0 Å². The molecule has 0 aliphatic rings. The van der Waals surface area contributed by atoms with Crippen LogP contribution in [-0.2, 0) is 17.9 Å². The van der Waals surface area contributed by atoms with Crippen LogP contribution in [0.25, 0.3) is 6.08 Å². The monoisotopic (exact) mass is 349 g/mol. The number of nitrogens with one attached hydrogen (secondary N) is 1. The van der Waals surface area contributed by atoms with E-state index >= 15 is 0 Å². The molecule has 1 amide bonds. The fraction of sp³-hybridized carbons (Fsp3) is 0.250. The first-order chi connectivity index (χ1) is 12.5. The number of hydrogen-bond acceptors (Lipinski definition) is 3. The van der Waals surface area contributed by atoms with E-state index in [1.165, 1.54) is 17.2 Å². The summed E-state index contributed by atoms with van der Waals surface area (Å²) in [6.07, 6.45) is 6.89. The molecule has 1 aromatic carbocycles. The molecule has 0 aliphatic carbocycles. The van der Waals surface area contributed by atoms with E-state index in [0.717, 1.165) is 17.8 Å². The Morgan fingerprint density at radius 3 is 2.65 bits per heavy atom. The number of carbonyl (C=O) groups is 1. The van der Waals surface area contributed by atoms with Gasteiger partial charge in [0.25, 0.3) is 0 Å². The summed E-state index contributed by atoms with van der Waals surface area (Å²) in [6.45, 7) is 7.56. The van der Waals surface area contributed by atoms with Crippen molar-refractivity contribution >= 4 is 17.8 Å². The van der Waals surface area contributed by atoms with Crippen LogP contribution in [0.15, 0.2) is 48.8 Å². The Hall–Kier alpha value is -3.15. The summed E-state index contributed by atoms with van der Waals surface area (Å²) >= 11 is 0. The summed E-state index contributed by atoms with van der Waals surface area (Å²) in [5, 5.41) is 11.4. The first-order valence-electron chi connectivity index (χ1n) is 8.65. The summed E-state index contributed by atoms with van der Waals surface area (Å²) in [4.78, 5) is 12.1. The lowest BCUT2D eigenvalue weighted by Crippen LogP contribution is -2.09. The fourth-order valence-corrected chi connectivity index (χ4v) is 2.67. The first-order valence-corrected chi connectivity index (χ1v) is 8.65. The van der Waals surface area contributed by atoms with E-state index < -0.39 is 0 Å². The van der Waals surface area contributed by atoms with Crippen LogP contribution < -0.4 is 5.32 Å². The highest BCUT2D eigenvalue weighted by atomic mass is 16.1. The highest BCUT2D eigenvalue weighted by Gasteiger charge is 2.05. The number of carbonyl (C=O) groups excluding carboxylic acids is 1. The van der Waals surface area contributed by atoms with Crippen LogP contribution in [0, 0.1) is 13.8 Å². The smallest absolute Gasteiger partial charge is 0.249 e. The zero-order valence-electron chi connectivity index (χ0n) is 15.3. The van der Waals surface area contributed by atoms with Crippen LogP contribution in [0.5, 0.6) is 0 Å². The minimum Gasteiger partial charge on any atom is -0.306 e. The van der Waals surface area contributed by atoms with Crippen molar-refractivity contribution in [3.8, 4) is 0 Å². The zero-order chi connectivity index (χ0) is 18.5. The standard InChI is InChI=1S/C20H23N5O/c1-4-25-16(3)18(13-21-25)9-10-20(26)22-19-11-12-24(23-19)14-17-7-5-15(2)6-8-17/h5-13H,4,14H2,1-3H3,(H,22,23,26)/b10-9+. The number of amides is 1. The van der Waals surface area contributed by atoms with Crippen molar-refractivity contribution in [1.29, 1.82) is 0 Å². The molecule has 0 bridgehead atoms. The quantitative estimate of drug-likeness (QED) is 0.694. The SMILES string of the molecule is CCn1ncc(/C=C/C(=O)Nc2ccn(Cc3ccc(C)cc3)n2)c1C. The minimum atomic E-state index is -0.214. The summed E-state index contributed by atoms with van der Waals surface area (Å²) in [6, 6.07) is 10.1. The average Bonchev–Trinajstić information content (AvgIpc) is 3.21. The highest BCUT2D eigenvalue weighted by Crippen LogP contribution is 2.10. The summed E-state index contributed by atoms with van der Waals surface area (Å²) < 4.78 is 3.70. The molecule has 2 aromatic heterocycles. The third kappa shape index (κ3) is 4.27. The molecule has 3 aromatic rings. The lowest BCUT2D eigenvalue weighted by molar-refractivity contribution is -0.111. The van der Waals surface area contributed by atoms with Gasteiger partial charge < -0.3 is 5.32 Å². The second kappa shape index (κ2) is 7.82. The van der Waals surface area contributed by atoms with Crippen LogP contribution in [0.1, 0.15) is 29.3 Å². The van der Waals surface area contributed by atoms with Gasteiger partial charge in [-0.25, -0.2) is 0 Å². The molecular weight excluding hydrogens is 326 g/mol. The highest BCUT2D eigenvalue weighted by molar-refractivity contribution is 6.01. The molecule has 134 valence electrons. The van der Waals surface area contributed by atoms with Crippen molar-refractivity contribution in [3.63, 3.8) is 0 Å². The predicted molar refractivity (Wildman–Crippen MR) is 103 cm³/mol. The van der Waals surface area contributed by atoms with Crippen molar-refractivity contribution in [2.24, 2.45) is 0 Å². The Balaban J connectivity index is 1.59. The maximum atomic E-state index is 12.1. The molecule has 0 fully saturated rings. The normalized spacial score (nSPS) is 11.2. The molecule has 0 atom stereocenters. The molecule has 0 radical (unpaired) electrons. The fourth-order valence-electron chi connectivity index (χ4n) is 2.67. The largest absolute Gasteiger partial charge is 0.306 e. The van der Waals surface area contributed by atoms with Gasteiger partial charge in [0.1, 0.15) is 0 Å². The molecular formula is C20H23N5O. The molecule has 26 heavy (non-hydrogen) atoms. The minimum absolute atomic E-state index is 0.214. The molecule has 0 saturated carbocycles. The van der Waals surface area contributed by atoms with E-state index in [9.17, 15) is 4.79 Å². The number of anilines is 1. The van der Waals surface area contributed by atoms with E-state index in [2.05, 4.69) is 46.7 Å². The van der Waals surface area contributed by atoms with Gasteiger partial charge in [-0.2, -0.15) is 10.2 Å². The van der Waals surface area contributed by atoms with Gasteiger partial charge in [0.15, 0.2) is 5.82 Å². The van der Waals surface area contributed by atoms with E-state index in [4.69, 9.17) is 0 Å². The van der Waals surface area contributed by atoms with Crippen molar-refractivity contribution in [1.82, 2.24) is 19.6 Å². The van der Waals surface area contributed by atoms with Crippen molar-refractivity contribution < 1.29 is 4.79 Å². The first kappa shape index (κ1) is 17.7. The van der Waals surface area contributed by atoms with Gasteiger partial charge in [-0.1, -0.05) is 29.8 Å². The maximum absolute atomic E-state index is 12.1. The van der Waals surface area contributed by atoms with Gasteiger partial charge in [-0.05, 0) is 32.4 Å². The Kier molecular flexibility index (Phi) is 5.31. The number of rotatable bonds is 6.